The third kappa shape index (κ3) is 6.58. The largest absolute Gasteiger partial charge is 0.350 e. The number of unbranched alkanes of at least 4 members (excludes halogenated alkanes) is 3. The highest BCUT2D eigenvalue weighted by Gasteiger charge is 2.11. The molecular weight excluding hydrogens is 300 g/mol. The van der Waals surface area contributed by atoms with Gasteiger partial charge in [0.2, 0.25) is 5.91 Å². The predicted octanol–water partition coefficient (Wildman–Crippen LogP) is 2.18. The minimum Gasteiger partial charge on any atom is -0.350 e. The molecule has 3 N–H and O–H groups in total. The maximum absolute atomic E-state index is 11.9. The van der Waals surface area contributed by atoms with Gasteiger partial charge in [-0.2, -0.15) is 0 Å². The van der Waals surface area contributed by atoms with Crippen molar-refractivity contribution in [1.29, 1.82) is 0 Å². The van der Waals surface area contributed by atoms with Crippen molar-refractivity contribution in [3.8, 4) is 0 Å². The minimum atomic E-state index is -3.18. The number of amides is 1. The smallest absolute Gasteiger partial charge is 0.220 e. The van der Waals surface area contributed by atoms with E-state index < -0.39 is 9.84 Å². The zero-order chi connectivity index (χ0) is 16.6. The standard InChI is InChI=1S/C16H26N2O3S/c1-13(18-16(19)7-5-3-4-6-12-17)14-8-10-15(11-9-14)22(2,20)21/h8-11,13H,3-7,12,17H2,1-2H3,(H,18,19). The Hall–Kier alpha value is -1.40. The third-order valence-corrected chi connectivity index (χ3v) is 4.67. The van der Waals surface area contributed by atoms with Crippen LogP contribution in [0, 0.1) is 0 Å². The van der Waals surface area contributed by atoms with Gasteiger partial charge in [-0.25, -0.2) is 8.42 Å². The highest BCUT2D eigenvalue weighted by molar-refractivity contribution is 7.90. The first-order valence-corrected chi connectivity index (χ1v) is 9.53. The van der Waals surface area contributed by atoms with Crippen molar-refractivity contribution in [2.24, 2.45) is 5.73 Å². The van der Waals surface area contributed by atoms with Crippen LogP contribution in [0.5, 0.6) is 0 Å². The number of nitrogens with one attached hydrogen (secondary N) is 1. The lowest BCUT2D eigenvalue weighted by Crippen LogP contribution is -2.26. The summed E-state index contributed by atoms with van der Waals surface area (Å²) in [6.07, 6.45) is 5.64. The van der Waals surface area contributed by atoms with Gasteiger partial charge in [-0.3, -0.25) is 4.79 Å². The first kappa shape index (κ1) is 18.6. The molecule has 1 unspecified atom stereocenters. The molecule has 0 heterocycles. The van der Waals surface area contributed by atoms with Crippen LogP contribution in [0.15, 0.2) is 29.2 Å². The molecule has 0 aliphatic heterocycles. The monoisotopic (exact) mass is 326 g/mol. The summed E-state index contributed by atoms with van der Waals surface area (Å²) in [5.74, 6) is 0.0208. The molecule has 0 radical (unpaired) electrons. The minimum absolute atomic E-state index is 0.0208. The maximum atomic E-state index is 11.9. The van der Waals surface area contributed by atoms with Gasteiger partial charge in [-0.1, -0.05) is 25.0 Å². The average Bonchev–Trinajstić information content (AvgIpc) is 2.46. The van der Waals surface area contributed by atoms with Gasteiger partial charge in [-0.15, -0.1) is 0 Å². The number of hydrogen-bond donors (Lipinski definition) is 2. The molecule has 0 aliphatic rings. The summed E-state index contributed by atoms with van der Waals surface area (Å²) in [5, 5.41) is 2.93. The van der Waals surface area contributed by atoms with Crippen LogP contribution in [-0.2, 0) is 14.6 Å². The van der Waals surface area contributed by atoms with Crippen molar-refractivity contribution in [1.82, 2.24) is 5.32 Å². The summed E-state index contributed by atoms with van der Waals surface area (Å²) in [4.78, 5) is 12.1. The predicted molar refractivity (Wildman–Crippen MR) is 88.2 cm³/mol. The number of carbonyl (C=O) groups is 1. The lowest BCUT2D eigenvalue weighted by atomic mass is 10.1. The van der Waals surface area contributed by atoms with Crippen molar-refractivity contribution in [3.05, 3.63) is 29.8 Å². The van der Waals surface area contributed by atoms with Crippen LogP contribution in [0.2, 0.25) is 0 Å². The van der Waals surface area contributed by atoms with Crippen LogP contribution >= 0.6 is 0 Å². The third-order valence-electron chi connectivity index (χ3n) is 3.54. The molecular formula is C16H26N2O3S. The molecule has 0 aliphatic carbocycles. The van der Waals surface area contributed by atoms with Crippen LogP contribution in [0.25, 0.3) is 0 Å². The molecule has 5 nitrogen and oxygen atoms in total. The van der Waals surface area contributed by atoms with E-state index in [1.54, 1.807) is 24.3 Å². The number of rotatable bonds is 9. The second kappa shape index (κ2) is 8.90. The molecule has 124 valence electrons. The summed E-state index contributed by atoms with van der Waals surface area (Å²) in [7, 11) is -3.18. The van der Waals surface area contributed by atoms with Crippen molar-refractivity contribution in [2.75, 3.05) is 12.8 Å². The van der Waals surface area contributed by atoms with E-state index in [0.29, 0.717) is 13.0 Å². The van der Waals surface area contributed by atoms with Gasteiger partial charge in [0, 0.05) is 12.7 Å². The Labute approximate surface area is 133 Å². The highest BCUT2D eigenvalue weighted by Crippen LogP contribution is 2.16. The molecule has 22 heavy (non-hydrogen) atoms. The molecule has 0 aromatic heterocycles. The molecule has 0 saturated carbocycles. The van der Waals surface area contributed by atoms with Crippen molar-refractivity contribution in [2.45, 2.75) is 50.0 Å². The van der Waals surface area contributed by atoms with E-state index in [9.17, 15) is 13.2 Å². The van der Waals surface area contributed by atoms with E-state index in [0.717, 1.165) is 31.2 Å². The maximum Gasteiger partial charge on any atom is 0.220 e. The average molecular weight is 326 g/mol. The molecule has 6 heteroatoms. The van der Waals surface area contributed by atoms with E-state index in [-0.39, 0.29) is 16.8 Å². The normalized spacial score (nSPS) is 12.9. The van der Waals surface area contributed by atoms with Crippen LogP contribution in [0.3, 0.4) is 0 Å². The second-order valence-electron chi connectivity index (χ2n) is 5.58. The quantitative estimate of drug-likeness (QED) is 0.681. The Bertz CT molecular complexity index is 568. The van der Waals surface area contributed by atoms with Gasteiger partial charge in [0.05, 0.1) is 10.9 Å². The molecule has 1 aromatic carbocycles. The molecule has 1 aromatic rings. The SMILES string of the molecule is CC(NC(=O)CCCCCCN)c1ccc(S(C)(=O)=O)cc1. The van der Waals surface area contributed by atoms with Crippen LogP contribution in [0.1, 0.15) is 50.6 Å². The van der Waals surface area contributed by atoms with Crippen LogP contribution in [-0.4, -0.2) is 27.1 Å². The van der Waals surface area contributed by atoms with Gasteiger partial charge < -0.3 is 11.1 Å². The molecule has 0 bridgehead atoms. The number of benzene rings is 1. The van der Waals surface area contributed by atoms with Crippen LogP contribution in [0.4, 0.5) is 0 Å². The van der Waals surface area contributed by atoms with E-state index in [1.165, 1.54) is 6.26 Å². The summed E-state index contributed by atoms with van der Waals surface area (Å²) < 4.78 is 22.8. The summed E-state index contributed by atoms with van der Waals surface area (Å²) >= 11 is 0. The number of nitrogens with two attached hydrogens (primary N) is 1. The zero-order valence-corrected chi connectivity index (χ0v) is 14.2. The van der Waals surface area contributed by atoms with E-state index in [1.807, 2.05) is 6.92 Å². The fourth-order valence-electron chi connectivity index (χ4n) is 2.18. The molecule has 0 saturated heterocycles. The van der Waals surface area contributed by atoms with Crippen molar-refractivity contribution >= 4 is 15.7 Å². The fourth-order valence-corrected chi connectivity index (χ4v) is 2.81. The summed E-state index contributed by atoms with van der Waals surface area (Å²) in [5.41, 5.74) is 6.31. The lowest BCUT2D eigenvalue weighted by molar-refractivity contribution is -0.121. The van der Waals surface area contributed by atoms with Crippen molar-refractivity contribution < 1.29 is 13.2 Å². The molecule has 1 amide bonds. The number of hydrogen-bond acceptors (Lipinski definition) is 4. The van der Waals surface area contributed by atoms with E-state index in [2.05, 4.69) is 5.32 Å². The first-order valence-electron chi connectivity index (χ1n) is 7.64. The van der Waals surface area contributed by atoms with Gasteiger partial charge in [0.15, 0.2) is 9.84 Å². The molecule has 1 atom stereocenters. The van der Waals surface area contributed by atoms with Gasteiger partial charge >= 0.3 is 0 Å². The Morgan fingerprint density at radius 2 is 1.73 bits per heavy atom. The fraction of sp³-hybridized carbons (Fsp3) is 0.562. The van der Waals surface area contributed by atoms with Crippen molar-refractivity contribution in [3.63, 3.8) is 0 Å². The highest BCUT2D eigenvalue weighted by atomic mass is 32.2. The Balaban J connectivity index is 2.44. The summed E-state index contributed by atoms with van der Waals surface area (Å²) in [6.45, 7) is 2.59. The summed E-state index contributed by atoms with van der Waals surface area (Å²) in [6, 6.07) is 6.48. The number of sulfone groups is 1. The van der Waals surface area contributed by atoms with E-state index in [4.69, 9.17) is 5.73 Å². The lowest BCUT2D eigenvalue weighted by Gasteiger charge is -2.14. The van der Waals surface area contributed by atoms with Gasteiger partial charge in [0.1, 0.15) is 0 Å². The Morgan fingerprint density at radius 1 is 1.14 bits per heavy atom. The number of carbonyl (C=O) groups excluding carboxylic acids is 1. The topological polar surface area (TPSA) is 89.3 Å². The Kier molecular flexibility index (Phi) is 7.55. The molecule has 0 fully saturated rings. The first-order chi connectivity index (χ1) is 10.3. The van der Waals surface area contributed by atoms with Gasteiger partial charge in [0.25, 0.3) is 0 Å². The zero-order valence-electron chi connectivity index (χ0n) is 13.3. The second-order valence-corrected chi connectivity index (χ2v) is 7.60. The van der Waals surface area contributed by atoms with Gasteiger partial charge in [-0.05, 0) is 44.0 Å². The van der Waals surface area contributed by atoms with E-state index >= 15 is 0 Å². The molecule has 1 rings (SSSR count). The Morgan fingerprint density at radius 3 is 2.27 bits per heavy atom. The molecule has 0 spiro atoms. The van der Waals surface area contributed by atoms with Crippen LogP contribution < -0.4 is 11.1 Å².